The smallest absolute Gasteiger partial charge is 0.227 e. The lowest BCUT2D eigenvalue weighted by Gasteiger charge is -2.29. The maximum Gasteiger partial charge on any atom is 0.227 e. The van der Waals surface area contributed by atoms with E-state index < -0.39 is 0 Å². The van der Waals surface area contributed by atoms with Gasteiger partial charge in [0.05, 0.1) is 5.41 Å². The van der Waals surface area contributed by atoms with E-state index in [-0.39, 0.29) is 17.4 Å². The molecule has 104 valence electrons. The number of carbonyl (C=O) groups excluding carboxylic acids is 1. The predicted molar refractivity (Wildman–Crippen MR) is 74.4 cm³/mol. The fraction of sp³-hybridized carbons (Fsp3) is 0.571. The third-order valence-electron chi connectivity index (χ3n) is 4.01. The molecule has 2 rings (SSSR count). The van der Waals surface area contributed by atoms with Gasteiger partial charge in [0.1, 0.15) is 0 Å². The van der Waals surface area contributed by atoms with Gasteiger partial charge in [-0.25, -0.2) is 0 Å². The summed E-state index contributed by atoms with van der Waals surface area (Å²) in [4.78, 5) is 18.4. The number of carbonyl (C=O) groups is 1. The van der Waals surface area contributed by atoms with Crippen LogP contribution in [-0.4, -0.2) is 42.5 Å². The van der Waals surface area contributed by atoms with Crippen molar-refractivity contribution in [2.24, 2.45) is 11.1 Å². The topological polar surface area (TPSA) is 71.2 Å². The third kappa shape index (κ3) is 2.77. The summed E-state index contributed by atoms with van der Waals surface area (Å²) >= 11 is 0. The van der Waals surface area contributed by atoms with E-state index in [1.54, 1.807) is 13.2 Å². The lowest BCUT2D eigenvalue weighted by atomic mass is 9.89. The number of nitrogens with zero attached hydrogens (tertiary/aromatic N) is 2. The van der Waals surface area contributed by atoms with Crippen molar-refractivity contribution in [3.05, 3.63) is 30.1 Å². The highest BCUT2D eigenvalue weighted by molar-refractivity contribution is 5.82. The summed E-state index contributed by atoms with van der Waals surface area (Å²) in [7, 11) is 1.69. The maximum atomic E-state index is 11.9. The van der Waals surface area contributed by atoms with Crippen molar-refractivity contribution < 1.29 is 4.79 Å². The lowest BCUT2D eigenvalue weighted by Crippen LogP contribution is -2.40. The van der Waals surface area contributed by atoms with Crippen LogP contribution in [0, 0.1) is 5.41 Å². The molecule has 1 aromatic rings. The molecule has 19 heavy (non-hydrogen) atoms. The van der Waals surface area contributed by atoms with Gasteiger partial charge in [-0.05, 0) is 31.5 Å². The lowest BCUT2D eigenvalue weighted by molar-refractivity contribution is -0.129. The van der Waals surface area contributed by atoms with E-state index in [2.05, 4.69) is 15.2 Å². The zero-order valence-electron chi connectivity index (χ0n) is 11.6. The molecule has 1 aliphatic heterocycles. The van der Waals surface area contributed by atoms with Gasteiger partial charge in [0, 0.05) is 38.6 Å². The number of likely N-dealkylation sites (tertiary alicyclic amines) is 1. The minimum Gasteiger partial charge on any atom is -0.359 e. The number of amides is 1. The normalized spacial score (nSPS) is 25.2. The first kappa shape index (κ1) is 14.0. The zero-order chi connectivity index (χ0) is 13.9. The van der Waals surface area contributed by atoms with Crippen LogP contribution < -0.4 is 11.1 Å². The van der Waals surface area contributed by atoms with Crippen LogP contribution >= 0.6 is 0 Å². The Morgan fingerprint density at radius 3 is 3.05 bits per heavy atom. The number of pyridine rings is 1. The van der Waals surface area contributed by atoms with E-state index in [0.29, 0.717) is 6.54 Å². The molecule has 2 unspecified atom stereocenters. The molecule has 2 heterocycles. The van der Waals surface area contributed by atoms with Gasteiger partial charge < -0.3 is 11.1 Å². The molecule has 0 saturated carbocycles. The summed E-state index contributed by atoms with van der Waals surface area (Å²) in [5.41, 5.74) is 6.71. The molecule has 0 aliphatic carbocycles. The maximum absolute atomic E-state index is 11.9. The number of hydrogen-bond acceptors (Lipinski definition) is 4. The number of rotatable bonds is 4. The van der Waals surface area contributed by atoms with Crippen molar-refractivity contribution >= 4 is 5.91 Å². The van der Waals surface area contributed by atoms with Gasteiger partial charge in [0.2, 0.25) is 5.91 Å². The van der Waals surface area contributed by atoms with Crippen molar-refractivity contribution in [2.75, 3.05) is 26.7 Å². The summed E-state index contributed by atoms with van der Waals surface area (Å²) in [6, 6.07) is 4.10. The molecular formula is C14H22N4O. The Hall–Kier alpha value is -1.46. The monoisotopic (exact) mass is 262 g/mol. The molecule has 5 heteroatoms. The largest absolute Gasteiger partial charge is 0.359 e. The average molecular weight is 262 g/mol. The first-order valence-electron chi connectivity index (χ1n) is 6.67. The Kier molecular flexibility index (Phi) is 4.17. The van der Waals surface area contributed by atoms with Crippen LogP contribution in [0.5, 0.6) is 0 Å². The van der Waals surface area contributed by atoms with Gasteiger partial charge in [-0.3, -0.25) is 14.7 Å². The van der Waals surface area contributed by atoms with Crippen LogP contribution in [0.1, 0.15) is 24.9 Å². The second-order valence-corrected chi connectivity index (χ2v) is 5.40. The fourth-order valence-corrected chi connectivity index (χ4v) is 2.82. The summed E-state index contributed by atoms with van der Waals surface area (Å²) < 4.78 is 0. The van der Waals surface area contributed by atoms with Crippen molar-refractivity contribution in [2.45, 2.75) is 19.4 Å². The van der Waals surface area contributed by atoms with E-state index in [0.717, 1.165) is 25.1 Å². The van der Waals surface area contributed by atoms with E-state index in [4.69, 9.17) is 5.73 Å². The molecule has 1 aliphatic rings. The van der Waals surface area contributed by atoms with Crippen LogP contribution in [-0.2, 0) is 4.79 Å². The molecule has 1 aromatic heterocycles. The van der Waals surface area contributed by atoms with Gasteiger partial charge in [0.15, 0.2) is 0 Å². The SMILES string of the molecule is CNC(=O)C1(C)CCN(C(CN)c2cccnc2)C1. The van der Waals surface area contributed by atoms with E-state index in [9.17, 15) is 4.79 Å². The van der Waals surface area contributed by atoms with Crippen LogP contribution in [0.25, 0.3) is 0 Å². The van der Waals surface area contributed by atoms with Gasteiger partial charge >= 0.3 is 0 Å². The first-order chi connectivity index (χ1) is 9.10. The Balaban J connectivity index is 2.13. The minimum atomic E-state index is -0.315. The third-order valence-corrected chi connectivity index (χ3v) is 4.01. The van der Waals surface area contributed by atoms with Crippen molar-refractivity contribution in [3.63, 3.8) is 0 Å². The van der Waals surface area contributed by atoms with Crippen LogP contribution in [0.3, 0.4) is 0 Å². The molecule has 0 spiro atoms. The Labute approximate surface area is 114 Å². The molecule has 2 atom stereocenters. The van der Waals surface area contributed by atoms with E-state index in [1.165, 1.54) is 0 Å². The predicted octanol–water partition coefficient (Wildman–Crippen LogP) is 0.539. The highest BCUT2D eigenvalue weighted by atomic mass is 16.2. The van der Waals surface area contributed by atoms with Gasteiger partial charge in [-0.1, -0.05) is 6.07 Å². The van der Waals surface area contributed by atoms with Crippen LogP contribution in [0.2, 0.25) is 0 Å². The highest BCUT2D eigenvalue weighted by Crippen LogP contribution is 2.34. The first-order valence-corrected chi connectivity index (χ1v) is 6.67. The van der Waals surface area contributed by atoms with Crippen LogP contribution in [0.4, 0.5) is 0 Å². The second-order valence-electron chi connectivity index (χ2n) is 5.40. The highest BCUT2D eigenvalue weighted by Gasteiger charge is 2.41. The molecule has 1 fully saturated rings. The number of nitrogens with two attached hydrogens (primary N) is 1. The summed E-state index contributed by atoms with van der Waals surface area (Å²) in [5, 5.41) is 2.76. The molecule has 0 radical (unpaired) electrons. The van der Waals surface area contributed by atoms with Crippen molar-refractivity contribution in [1.82, 2.24) is 15.2 Å². The Bertz CT molecular complexity index is 436. The Morgan fingerprint density at radius 2 is 2.47 bits per heavy atom. The Morgan fingerprint density at radius 1 is 1.68 bits per heavy atom. The minimum absolute atomic E-state index is 0.108. The number of nitrogens with one attached hydrogen (secondary N) is 1. The van der Waals surface area contributed by atoms with Crippen LogP contribution in [0.15, 0.2) is 24.5 Å². The van der Waals surface area contributed by atoms with Gasteiger partial charge in [-0.15, -0.1) is 0 Å². The van der Waals surface area contributed by atoms with E-state index >= 15 is 0 Å². The number of aromatic nitrogens is 1. The van der Waals surface area contributed by atoms with Gasteiger partial charge in [-0.2, -0.15) is 0 Å². The average Bonchev–Trinajstić information content (AvgIpc) is 2.84. The number of hydrogen-bond donors (Lipinski definition) is 2. The molecule has 0 bridgehead atoms. The molecule has 0 aromatic carbocycles. The second kappa shape index (κ2) is 5.67. The summed E-state index contributed by atoms with van der Waals surface area (Å²) in [6.07, 6.45) is 4.48. The molecule has 3 N–H and O–H groups in total. The molecular weight excluding hydrogens is 240 g/mol. The molecule has 1 amide bonds. The summed E-state index contributed by atoms with van der Waals surface area (Å²) in [6.45, 7) is 4.18. The van der Waals surface area contributed by atoms with Gasteiger partial charge in [0.25, 0.3) is 0 Å². The van der Waals surface area contributed by atoms with Crippen molar-refractivity contribution in [3.8, 4) is 0 Å². The zero-order valence-corrected chi connectivity index (χ0v) is 11.6. The molecule has 5 nitrogen and oxygen atoms in total. The van der Waals surface area contributed by atoms with Crippen molar-refractivity contribution in [1.29, 1.82) is 0 Å². The fourth-order valence-electron chi connectivity index (χ4n) is 2.82. The summed E-state index contributed by atoms with van der Waals surface area (Å²) in [5.74, 6) is 0.108. The molecule has 1 saturated heterocycles. The standard InChI is InChI=1S/C14H22N4O/c1-14(13(19)16-2)5-7-18(10-14)12(8-15)11-4-3-6-17-9-11/h3-4,6,9,12H,5,7-8,10,15H2,1-2H3,(H,16,19). The van der Waals surface area contributed by atoms with E-state index in [1.807, 2.05) is 25.3 Å². The quantitative estimate of drug-likeness (QED) is 0.831.